The maximum absolute atomic E-state index is 13.9. The maximum atomic E-state index is 13.9. The number of nitrogens with zero attached hydrogens (tertiary/aromatic N) is 2. The van der Waals surface area contributed by atoms with Crippen LogP contribution in [0.25, 0.3) is 11.3 Å². The van der Waals surface area contributed by atoms with Gasteiger partial charge in [0.05, 0.1) is 6.04 Å². The van der Waals surface area contributed by atoms with E-state index < -0.39 is 17.6 Å². The van der Waals surface area contributed by atoms with Gasteiger partial charge in [-0.05, 0) is 38.1 Å². The monoisotopic (exact) mass is 313 g/mol. The molecule has 1 aliphatic heterocycles. The van der Waals surface area contributed by atoms with Crippen LogP contribution in [-0.2, 0) is 6.18 Å². The molecule has 0 aliphatic carbocycles. The highest BCUT2D eigenvalue weighted by Crippen LogP contribution is 2.38. The SMILES string of the molecule is Fc1ccccc1-c1nn(C2CCNCC2)cc1C(F)(F)F. The van der Waals surface area contributed by atoms with E-state index in [4.69, 9.17) is 0 Å². The van der Waals surface area contributed by atoms with Gasteiger partial charge >= 0.3 is 6.18 Å². The molecule has 118 valence electrons. The van der Waals surface area contributed by atoms with Gasteiger partial charge in [-0.1, -0.05) is 12.1 Å². The number of alkyl halides is 3. The van der Waals surface area contributed by atoms with Gasteiger partial charge in [-0.25, -0.2) is 4.39 Å². The molecule has 3 rings (SSSR count). The van der Waals surface area contributed by atoms with E-state index in [1.54, 1.807) is 0 Å². The third-order valence-electron chi connectivity index (χ3n) is 3.85. The summed E-state index contributed by atoms with van der Waals surface area (Å²) in [6.45, 7) is 1.47. The van der Waals surface area contributed by atoms with Crippen molar-refractivity contribution >= 4 is 0 Å². The van der Waals surface area contributed by atoms with E-state index in [1.165, 1.54) is 22.9 Å². The lowest BCUT2D eigenvalue weighted by Gasteiger charge is -2.22. The summed E-state index contributed by atoms with van der Waals surface area (Å²) in [7, 11) is 0. The molecule has 2 aromatic rings. The first-order chi connectivity index (χ1) is 10.5. The van der Waals surface area contributed by atoms with E-state index >= 15 is 0 Å². The Morgan fingerprint density at radius 1 is 1.14 bits per heavy atom. The predicted molar refractivity (Wildman–Crippen MR) is 73.8 cm³/mol. The minimum absolute atomic E-state index is 0.0946. The minimum atomic E-state index is -4.57. The van der Waals surface area contributed by atoms with Gasteiger partial charge in [0, 0.05) is 11.8 Å². The Morgan fingerprint density at radius 2 is 1.82 bits per heavy atom. The summed E-state index contributed by atoms with van der Waals surface area (Å²) in [4.78, 5) is 0. The topological polar surface area (TPSA) is 29.9 Å². The Balaban J connectivity index is 2.08. The van der Waals surface area contributed by atoms with Crippen LogP contribution >= 0.6 is 0 Å². The molecule has 1 aromatic carbocycles. The molecule has 0 spiro atoms. The van der Waals surface area contributed by atoms with Crippen molar-refractivity contribution in [1.82, 2.24) is 15.1 Å². The Bertz CT molecular complexity index is 657. The van der Waals surface area contributed by atoms with Gasteiger partial charge in [0.1, 0.15) is 17.1 Å². The van der Waals surface area contributed by atoms with Gasteiger partial charge in [0.25, 0.3) is 0 Å². The lowest BCUT2D eigenvalue weighted by molar-refractivity contribution is -0.137. The molecule has 0 atom stereocenters. The predicted octanol–water partition coefficient (Wildman–Crippen LogP) is 3.63. The van der Waals surface area contributed by atoms with E-state index in [2.05, 4.69) is 10.4 Å². The molecule has 0 saturated carbocycles. The van der Waals surface area contributed by atoms with Crippen LogP contribution in [0.1, 0.15) is 24.4 Å². The fourth-order valence-corrected chi connectivity index (χ4v) is 2.71. The molecular formula is C15H15F4N3. The molecule has 0 amide bonds. The lowest BCUT2D eigenvalue weighted by atomic mass is 10.1. The highest BCUT2D eigenvalue weighted by molar-refractivity contribution is 5.64. The van der Waals surface area contributed by atoms with Crippen molar-refractivity contribution in [1.29, 1.82) is 0 Å². The van der Waals surface area contributed by atoms with Gasteiger partial charge in [0.15, 0.2) is 0 Å². The van der Waals surface area contributed by atoms with Crippen LogP contribution in [0.4, 0.5) is 17.6 Å². The smallest absolute Gasteiger partial charge is 0.317 e. The second kappa shape index (κ2) is 5.72. The van der Waals surface area contributed by atoms with E-state index in [0.717, 1.165) is 25.4 Å². The Labute approximate surface area is 124 Å². The Morgan fingerprint density at radius 3 is 2.45 bits per heavy atom. The summed E-state index contributed by atoms with van der Waals surface area (Å²) >= 11 is 0. The number of hydrogen-bond acceptors (Lipinski definition) is 2. The lowest BCUT2D eigenvalue weighted by Crippen LogP contribution is -2.29. The van der Waals surface area contributed by atoms with Crippen LogP contribution in [0.15, 0.2) is 30.5 Å². The number of rotatable bonds is 2. The van der Waals surface area contributed by atoms with Crippen molar-refractivity contribution in [3.63, 3.8) is 0 Å². The van der Waals surface area contributed by atoms with Gasteiger partial charge < -0.3 is 5.32 Å². The quantitative estimate of drug-likeness (QED) is 0.858. The average Bonchev–Trinajstić information content (AvgIpc) is 2.94. The van der Waals surface area contributed by atoms with Gasteiger partial charge in [0.2, 0.25) is 0 Å². The first-order valence-corrected chi connectivity index (χ1v) is 7.09. The summed E-state index contributed by atoms with van der Waals surface area (Å²) in [5.74, 6) is -0.705. The molecule has 0 bridgehead atoms. The van der Waals surface area contributed by atoms with Crippen LogP contribution in [0.3, 0.4) is 0 Å². The highest BCUT2D eigenvalue weighted by atomic mass is 19.4. The molecule has 1 aromatic heterocycles. The molecule has 3 nitrogen and oxygen atoms in total. The van der Waals surface area contributed by atoms with Crippen LogP contribution in [-0.4, -0.2) is 22.9 Å². The molecule has 1 fully saturated rings. The third kappa shape index (κ3) is 2.85. The van der Waals surface area contributed by atoms with E-state index in [9.17, 15) is 17.6 Å². The maximum Gasteiger partial charge on any atom is 0.420 e. The zero-order chi connectivity index (χ0) is 15.7. The summed E-state index contributed by atoms with van der Waals surface area (Å²) in [5.41, 5.74) is -1.36. The van der Waals surface area contributed by atoms with Crippen LogP contribution in [0.5, 0.6) is 0 Å². The van der Waals surface area contributed by atoms with E-state index in [0.29, 0.717) is 12.8 Å². The zero-order valence-corrected chi connectivity index (χ0v) is 11.7. The van der Waals surface area contributed by atoms with Gasteiger partial charge in [-0.3, -0.25) is 4.68 Å². The number of aromatic nitrogens is 2. The fraction of sp³-hybridized carbons (Fsp3) is 0.400. The van der Waals surface area contributed by atoms with Crippen molar-refractivity contribution in [3.8, 4) is 11.3 Å². The number of halogens is 4. The Kier molecular flexibility index (Phi) is 3.90. The average molecular weight is 313 g/mol. The second-order valence-corrected chi connectivity index (χ2v) is 5.33. The standard InChI is InChI=1S/C15H15F4N3/c16-13-4-2-1-3-11(13)14-12(15(17,18)19)9-22(21-14)10-5-7-20-8-6-10/h1-4,9-10,20H,5-8H2. The molecule has 7 heteroatoms. The van der Waals surface area contributed by atoms with Crippen molar-refractivity contribution in [2.75, 3.05) is 13.1 Å². The summed E-state index contributed by atoms with van der Waals surface area (Å²) < 4.78 is 55.0. The van der Waals surface area contributed by atoms with Crippen LogP contribution in [0.2, 0.25) is 0 Å². The molecule has 0 radical (unpaired) electrons. The van der Waals surface area contributed by atoms with Crippen molar-refractivity contribution < 1.29 is 17.6 Å². The van der Waals surface area contributed by atoms with Crippen molar-refractivity contribution in [2.24, 2.45) is 0 Å². The largest absolute Gasteiger partial charge is 0.420 e. The fourth-order valence-electron chi connectivity index (χ4n) is 2.71. The number of nitrogens with one attached hydrogen (secondary N) is 1. The number of hydrogen-bond donors (Lipinski definition) is 1. The first kappa shape index (κ1) is 15.0. The second-order valence-electron chi connectivity index (χ2n) is 5.33. The molecule has 0 unspecified atom stereocenters. The summed E-state index contributed by atoms with van der Waals surface area (Å²) in [6, 6.07) is 5.30. The molecule has 1 saturated heterocycles. The number of benzene rings is 1. The van der Waals surface area contributed by atoms with Crippen molar-refractivity contribution in [3.05, 3.63) is 41.8 Å². The van der Waals surface area contributed by atoms with E-state index in [-0.39, 0.29) is 17.3 Å². The zero-order valence-electron chi connectivity index (χ0n) is 11.7. The Hall–Kier alpha value is -1.89. The van der Waals surface area contributed by atoms with Crippen molar-refractivity contribution in [2.45, 2.75) is 25.1 Å². The third-order valence-corrected chi connectivity index (χ3v) is 3.85. The normalized spacial score (nSPS) is 16.9. The minimum Gasteiger partial charge on any atom is -0.317 e. The summed E-state index contributed by atoms with van der Waals surface area (Å²) in [5, 5.41) is 7.21. The molecule has 1 aliphatic rings. The van der Waals surface area contributed by atoms with Gasteiger partial charge in [-0.2, -0.15) is 18.3 Å². The molecule has 1 N–H and O–H groups in total. The molecular weight excluding hydrogens is 298 g/mol. The van der Waals surface area contributed by atoms with E-state index in [1.807, 2.05) is 0 Å². The van der Waals surface area contributed by atoms with Gasteiger partial charge in [-0.15, -0.1) is 0 Å². The van der Waals surface area contributed by atoms with Crippen LogP contribution < -0.4 is 5.32 Å². The first-order valence-electron chi connectivity index (χ1n) is 7.09. The molecule has 22 heavy (non-hydrogen) atoms. The molecule has 2 heterocycles. The number of piperidine rings is 1. The highest BCUT2D eigenvalue weighted by Gasteiger charge is 2.37. The summed E-state index contributed by atoms with van der Waals surface area (Å²) in [6.07, 6.45) is -2.16. The van der Waals surface area contributed by atoms with Crippen LogP contribution in [0, 0.1) is 5.82 Å².